The van der Waals surface area contributed by atoms with Crippen molar-refractivity contribution in [3.8, 4) is 17.0 Å². The van der Waals surface area contributed by atoms with Gasteiger partial charge in [-0.25, -0.2) is 0 Å². The van der Waals surface area contributed by atoms with E-state index in [0.717, 1.165) is 16.7 Å². The number of fused-ring (bicyclic) bond motifs is 1. The monoisotopic (exact) mass is 356 g/mol. The highest BCUT2D eigenvalue weighted by Crippen LogP contribution is 2.35. The number of benzene rings is 1. The maximum absolute atomic E-state index is 12.6. The van der Waals surface area contributed by atoms with Crippen LogP contribution in [-0.2, 0) is 5.41 Å². The zero-order valence-electron chi connectivity index (χ0n) is 15.0. The lowest BCUT2D eigenvalue weighted by molar-refractivity contribution is 0.418. The second kappa shape index (κ2) is 6.19. The number of ether oxygens (including phenoxy) is 1. The second-order valence-corrected chi connectivity index (χ2v) is 7.62. The van der Waals surface area contributed by atoms with Crippen LogP contribution >= 0.6 is 11.6 Å². The molecular weight excluding hydrogens is 336 g/mol. The summed E-state index contributed by atoms with van der Waals surface area (Å²) >= 11 is 6.52. The molecule has 0 fully saturated rings. The molecular formula is C20H21ClN2O2. The number of nitrogens with one attached hydrogen (secondary N) is 1. The molecule has 0 bridgehead atoms. The van der Waals surface area contributed by atoms with Gasteiger partial charge in [-0.05, 0) is 29.5 Å². The number of aromatic nitrogens is 2. The molecule has 2 aromatic heterocycles. The predicted molar refractivity (Wildman–Crippen MR) is 103 cm³/mol. The number of hydrogen-bond donors (Lipinski definition) is 1. The van der Waals surface area contributed by atoms with Gasteiger partial charge in [-0.3, -0.25) is 9.78 Å². The van der Waals surface area contributed by atoms with Crippen LogP contribution in [0.3, 0.4) is 0 Å². The van der Waals surface area contributed by atoms with E-state index >= 15 is 0 Å². The van der Waals surface area contributed by atoms with Crippen LogP contribution in [0.15, 0.2) is 35.4 Å². The van der Waals surface area contributed by atoms with Crippen LogP contribution in [-0.4, -0.2) is 17.1 Å². The Hall–Kier alpha value is -2.33. The van der Waals surface area contributed by atoms with Gasteiger partial charge in [0.2, 0.25) is 0 Å². The third-order valence-electron chi connectivity index (χ3n) is 4.33. The van der Waals surface area contributed by atoms with Crippen LogP contribution in [0.4, 0.5) is 0 Å². The summed E-state index contributed by atoms with van der Waals surface area (Å²) in [5.41, 5.74) is 4.24. The Kier molecular flexibility index (Phi) is 4.33. The summed E-state index contributed by atoms with van der Waals surface area (Å²) in [7, 11) is 1.53. The molecule has 0 saturated carbocycles. The molecule has 0 amide bonds. The van der Waals surface area contributed by atoms with Crippen molar-refractivity contribution in [2.24, 2.45) is 0 Å². The van der Waals surface area contributed by atoms with Crippen LogP contribution in [0.2, 0.25) is 5.02 Å². The molecule has 1 aromatic carbocycles. The molecule has 0 unspecified atom stereocenters. The van der Waals surface area contributed by atoms with Gasteiger partial charge < -0.3 is 9.72 Å². The lowest BCUT2D eigenvalue weighted by Crippen LogP contribution is -2.12. The SMILES string of the molecule is COc1cncc2[nH]c(-c3cc(Cl)c(C(C)(C)C)cc3C)cc(=O)c12. The third-order valence-corrected chi connectivity index (χ3v) is 4.65. The van der Waals surface area contributed by atoms with Gasteiger partial charge in [0.05, 0.1) is 36.1 Å². The Morgan fingerprint density at radius 3 is 2.52 bits per heavy atom. The summed E-state index contributed by atoms with van der Waals surface area (Å²) < 4.78 is 5.25. The summed E-state index contributed by atoms with van der Waals surface area (Å²) in [6.45, 7) is 8.41. The average Bonchev–Trinajstić information content (AvgIpc) is 2.54. The van der Waals surface area contributed by atoms with Crippen molar-refractivity contribution in [3.63, 3.8) is 0 Å². The fourth-order valence-corrected chi connectivity index (χ4v) is 3.47. The summed E-state index contributed by atoms with van der Waals surface area (Å²) in [6, 6.07) is 5.59. The van der Waals surface area contributed by atoms with Crippen LogP contribution in [0.25, 0.3) is 22.2 Å². The van der Waals surface area contributed by atoms with Crippen LogP contribution < -0.4 is 10.2 Å². The Bertz CT molecular complexity index is 1020. The highest BCUT2D eigenvalue weighted by atomic mass is 35.5. The fraction of sp³-hybridized carbons (Fsp3) is 0.300. The van der Waals surface area contributed by atoms with Gasteiger partial charge in [-0.2, -0.15) is 0 Å². The Morgan fingerprint density at radius 2 is 1.88 bits per heavy atom. The van der Waals surface area contributed by atoms with E-state index in [9.17, 15) is 4.79 Å². The van der Waals surface area contributed by atoms with Gasteiger partial charge in [0.1, 0.15) is 5.75 Å². The molecule has 0 aliphatic heterocycles. The largest absolute Gasteiger partial charge is 0.494 e. The molecule has 2 heterocycles. The second-order valence-electron chi connectivity index (χ2n) is 7.21. The van der Waals surface area contributed by atoms with Gasteiger partial charge in [-0.15, -0.1) is 0 Å². The molecule has 5 heteroatoms. The number of nitrogens with zero attached hydrogens (tertiary/aromatic N) is 1. The number of rotatable bonds is 2. The van der Waals surface area contributed by atoms with Crippen molar-refractivity contribution in [1.82, 2.24) is 9.97 Å². The zero-order chi connectivity index (χ0) is 18.4. The first-order chi connectivity index (χ1) is 11.7. The summed E-state index contributed by atoms with van der Waals surface area (Å²) in [4.78, 5) is 20.0. The Labute approximate surface area is 151 Å². The molecule has 3 aromatic rings. The molecule has 130 valence electrons. The minimum Gasteiger partial charge on any atom is -0.494 e. The lowest BCUT2D eigenvalue weighted by atomic mass is 9.85. The first kappa shape index (κ1) is 17.5. The standard InChI is InChI=1S/C20H21ClN2O2/c1-11-6-13(20(2,3)4)14(21)7-12(11)15-8-17(24)19-16(23-15)9-22-10-18(19)25-5/h6-10H,1-5H3,(H,23,24). The number of aromatic amines is 1. The fourth-order valence-electron chi connectivity index (χ4n) is 3.02. The predicted octanol–water partition coefficient (Wildman–Crippen LogP) is 4.86. The molecule has 0 spiro atoms. The highest BCUT2D eigenvalue weighted by molar-refractivity contribution is 6.31. The van der Waals surface area contributed by atoms with Crippen molar-refractivity contribution in [2.45, 2.75) is 33.1 Å². The van der Waals surface area contributed by atoms with Gasteiger partial charge in [0, 0.05) is 16.7 Å². The Balaban J connectivity index is 2.24. The van der Waals surface area contributed by atoms with E-state index in [2.05, 4.69) is 36.8 Å². The maximum atomic E-state index is 12.6. The quantitative estimate of drug-likeness (QED) is 0.713. The van der Waals surface area contributed by atoms with E-state index in [1.807, 2.05) is 13.0 Å². The maximum Gasteiger partial charge on any atom is 0.193 e. The summed E-state index contributed by atoms with van der Waals surface area (Å²) in [5.74, 6) is 0.461. The first-order valence-corrected chi connectivity index (χ1v) is 8.46. The van der Waals surface area contributed by atoms with Crippen molar-refractivity contribution in [2.75, 3.05) is 7.11 Å². The van der Waals surface area contributed by atoms with Gasteiger partial charge in [0.25, 0.3) is 0 Å². The van der Waals surface area contributed by atoms with E-state index in [1.165, 1.54) is 13.3 Å². The number of halogens is 1. The molecule has 0 saturated heterocycles. The molecule has 4 nitrogen and oxygen atoms in total. The van der Waals surface area contributed by atoms with Crippen LogP contribution in [0.1, 0.15) is 31.9 Å². The van der Waals surface area contributed by atoms with E-state index < -0.39 is 0 Å². The lowest BCUT2D eigenvalue weighted by Gasteiger charge is -2.22. The average molecular weight is 357 g/mol. The Morgan fingerprint density at radius 1 is 1.16 bits per heavy atom. The smallest absolute Gasteiger partial charge is 0.193 e. The van der Waals surface area contributed by atoms with Crippen molar-refractivity contribution in [1.29, 1.82) is 0 Å². The van der Waals surface area contributed by atoms with E-state index in [1.54, 1.807) is 12.3 Å². The van der Waals surface area contributed by atoms with E-state index in [-0.39, 0.29) is 10.8 Å². The van der Waals surface area contributed by atoms with Crippen molar-refractivity contribution in [3.05, 3.63) is 57.0 Å². The van der Waals surface area contributed by atoms with Gasteiger partial charge in [0.15, 0.2) is 5.43 Å². The van der Waals surface area contributed by atoms with Gasteiger partial charge >= 0.3 is 0 Å². The van der Waals surface area contributed by atoms with Crippen LogP contribution in [0, 0.1) is 6.92 Å². The third kappa shape index (κ3) is 3.14. The molecule has 1 N–H and O–H groups in total. The van der Waals surface area contributed by atoms with Crippen LogP contribution in [0.5, 0.6) is 5.75 Å². The minimum atomic E-state index is -0.113. The molecule has 0 atom stereocenters. The molecule has 3 rings (SSSR count). The van der Waals surface area contributed by atoms with E-state index in [4.69, 9.17) is 16.3 Å². The highest BCUT2D eigenvalue weighted by Gasteiger charge is 2.20. The molecule has 0 radical (unpaired) electrons. The van der Waals surface area contributed by atoms with Crippen molar-refractivity contribution < 1.29 is 4.74 Å². The number of methoxy groups -OCH3 is 1. The minimum absolute atomic E-state index is 0.0472. The summed E-state index contributed by atoms with van der Waals surface area (Å²) in [6.07, 6.45) is 3.17. The molecule has 0 aliphatic carbocycles. The van der Waals surface area contributed by atoms with Crippen molar-refractivity contribution >= 4 is 22.5 Å². The molecule has 25 heavy (non-hydrogen) atoms. The van der Waals surface area contributed by atoms with Gasteiger partial charge in [-0.1, -0.05) is 38.4 Å². The topological polar surface area (TPSA) is 55.0 Å². The number of H-pyrrole nitrogens is 1. The normalized spacial score (nSPS) is 11.8. The number of aryl methyl sites for hydroxylation is 1. The van der Waals surface area contributed by atoms with E-state index in [0.29, 0.717) is 27.4 Å². The zero-order valence-corrected chi connectivity index (χ0v) is 15.8. The number of pyridine rings is 2. The molecule has 0 aliphatic rings. The first-order valence-electron chi connectivity index (χ1n) is 8.08. The number of hydrogen-bond acceptors (Lipinski definition) is 3. The summed E-state index contributed by atoms with van der Waals surface area (Å²) in [5, 5.41) is 1.19.